The zero-order chi connectivity index (χ0) is 18.0. The van der Waals surface area contributed by atoms with Crippen molar-refractivity contribution in [2.45, 2.75) is 32.2 Å². The van der Waals surface area contributed by atoms with E-state index in [2.05, 4.69) is 5.32 Å². The van der Waals surface area contributed by atoms with Crippen LogP contribution in [0.4, 0.5) is 14.5 Å². The lowest BCUT2D eigenvalue weighted by molar-refractivity contribution is -0.121. The first kappa shape index (κ1) is 17.5. The Morgan fingerprint density at radius 2 is 2.16 bits per heavy atom. The number of benzene rings is 1. The average Bonchev–Trinajstić information content (AvgIpc) is 3.07. The van der Waals surface area contributed by atoms with Gasteiger partial charge in [-0.3, -0.25) is 9.59 Å². The van der Waals surface area contributed by atoms with Gasteiger partial charge in [-0.15, -0.1) is 11.3 Å². The Morgan fingerprint density at radius 3 is 2.84 bits per heavy atom. The van der Waals surface area contributed by atoms with Crippen LogP contribution in [0.25, 0.3) is 0 Å². The van der Waals surface area contributed by atoms with Gasteiger partial charge >= 0.3 is 0 Å². The minimum absolute atomic E-state index is 0.0394. The number of halogens is 2. The standard InChI is InChI=1S/C18H18F2N2O2S/c1-11(23)21-15(17-5-3-7-25-17)10-18(24)22-6-2-4-13-14(20)8-12(19)9-16(13)22/h3,5,7-9,15H,2,4,6,10H2,1H3,(H,21,23)/t15-/m1/s1. The normalized spacial score (nSPS) is 14.8. The summed E-state index contributed by atoms with van der Waals surface area (Å²) in [6.45, 7) is 1.80. The van der Waals surface area contributed by atoms with Crippen molar-refractivity contribution in [2.75, 3.05) is 11.4 Å². The summed E-state index contributed by atoms with van der Waals surface area (Å²) in [4.78, 5) is 26.6. The molecule has 1 aliphatic rings. The zero-order valence-electron chi connectivity index (χ0n) is 13.7. The van der Waals surface area contributed by atoms with E-state index in [4.69, 9.17) is 0 Å². The lowest BCUT2D eigenvalue weighted by atomic mass is 9.99. The van der Waals surface area contributed by atoms with E-state index in [1.165, 1.54) is 29.2 Å². The molecule has 0 spiro atoms. The third-order valence-electron chi connectivity index (χ3n) is 4.18. The fraction of sp³-hybridized carbons (Fsp3) is 0.333. The molecule has 0 aliphatic carbocycles. The molecule has 0 bridgehead atoms. The molecule has 0 saturated carbocycles. The topological polar surface area (TPSA) is 49.4 Å². The van der Waals surface area contributed by atoms with Crippen molar-refractivity contribution in [2.24, 2.45) is 0 Å². The number of nitrogens with one attached hydrogen (secondary N) is 1. The van der Waals surface area contributed by atoms with Crippen LogP contribution < -0.4 is 10.2 Å². The predicted molar refractivity (Wildman–Crippen MR) is 92.5 cm³/mol. The first-order valence-electron chi connectivity index (χ1n) is 8.04. The van der Waals surface area contributed by atoms with E-state index in [1.54, 1.807) is 0 Å². The number of anilines is 1. The Hall–Kier alpha value is -2.28. The van der Waals surface area contributed by atoms with Gasteiger partial charge in [0.05, 0.1) is 18.2 Å². The molecule has 1 aromatic heterocycles. The molecule has 1 N–H and O–H groups in total. The van der Waals surface area contributed by atoms with Crippen molar-refractivity contribution >= 4 is 28.8 Å². The zero-order valence-corrected chi connectivity index (χ0v) is 14.5. The Kier molecular flexibility index (Phi) is 5.13. The molecule has 2 aromatic rings. The van der Waals surface area contributed by atoms with Crippen LogP contribution in [0.5, 0.6) is 0 Å². The number of amides is 2. The molecule has 2 amide bonds. The van der Waals surface area contributed by atoms with Gasteiger partial charge < -0.3 is 10.2 Å². The monoisotopic (exact) mass is 364 g/mol. The van der Waals surface area contributed by atoms with Gasteiger partial charge in [0.25, 0.3) is 0 Å². The summed E-state index contributed by atoms with van der Waals surface area (Å²) in [5, 5.41) is 4.65. The summed E-state index contributed by atoms with van der Waals surface area (Å²) in [5.74, 6) is -1.82. The van der Waals surface area contributed by atoms with E-state index in [9.17, 15) is 18.4 Å². The number of hydrogen-bond donors (Lipinski definition) is 1. The van der Waals surface area contributed by atoms with E-state index in [-0.39, 0.29) is 18.2 Å². The highest BCUT2D eigenvalue weighted by atomic mass is 32.1. The molecule has 2 heterocycles. The summed E-state index contributed by atoms with van der Waals surface area (Å²) < 4.78 is 27.6. The fourth-order valence-electron chi connectivity index (χ4n) is 3.11. The first-order chi connectivity index (χ1) is 12.0. The number of carbonyl (C=O) groups is 2. The van der Waals surface area contributed by atoms with Crippen LogP contribution in [0.1, 0.15) is 36.2 Å². The smallest absolute Gasteiger partial charge is 0.229 e. The van der Waals surface area contributed by atoms with E-state index >= 15 is 0 Å². The molecule has 1 atom stereocenters. The van der Waals surface area contributed by atoms with Crippen LogP contribution in [0.3, 0.4) is 0 Å². The molecule has 0 unspecified atom stereocenters. The van der Waals surface area contributed by atoms with Crippen LogP contribution in [-0.4, -0.2) is 18.4 Å². The van der Waals surface area contributed by atoms with Crippen LogP contribution >= 0.6 is 11.3 Å². The van der Waals surface area contributed by atoms with E-state index in [0.29, 0.717) is 30.6 Å². The minimum atomic E-state index is -0.701. The fourth-order valence-corrected chi connectivity index (χ4v) is 3.89. The number of carbonyl (C=O) groups excluding carboxylic acids is 2. The van der Waals surface area contributed by atoms with Crippen LogP contribution in [0.15, 0.2) is 29.6 Å². The van der Waals surface area contributed by atoms with Crippen molar-refractivity contribution in [1.29, 1.82) is 0 Å². The maximum atomic E-state index is 14.0. The van der Waals surface area contributed by atoms with E-state index < -0.39 is 17.7 Å². The minimum Gasteiger partial charge on any atom is -0.348 e. The molecule has 7 heteroatoms. The molecule has 25 heavy (non-hydrogen) atoms. The van der Waals surface area contributed by atoms with Gasteiger partial charge in [0, 0.05) is 30.0 Å². The maximum absolute atomic E-state index is 14.0. The summed E-state index contributed by atoms with van der Waals surface area (Å²) >= 11 is 1.45. The highest BCUT2D eigenvalue weighted by molar-refractivity contribution is 7.10. The molecule has 0 fully saturated rings. The largest absolute Gasteiger partial charge is 0.348 e. The number of hydrogen-bond acceptors (Lipinski definition) is 3. The highest BCUT2D eigenvalue weighted by Gasteiger charge is 2.28. The van der Waals surface area contributed by atoms with Crippen molar-refractivity contribution < 1.29 is 18.4 Å². The van der Waals surface area contributed by atoms with Crippen LogP contribution in [0, 0.1) is 11.6 Å². The summed E-state index contributed by atoms with van der Waals surface area (Å²) in [5.41, 5.74) is 0.662. The van der Waals surface area contributed by atoms with E-state index in [1.807, 2.05) is 17.5 Å². The molecule has 1 aliphatic heterocycles. The molecular formula is C18H18F2N2O2S. The molecule has 132 valence electrons. The molecule has 4 nitrogen and oxygen atoms in total. The SMILES string of the molecule is CC(=O)N[C@H](CC(=O)N1CCCc2c(F)cc(F)cc21)c1cccs1. The third kappa shape index (κ3) is 3.87. The van der Waals surface area contributed by atoms with Gasteiger partial charge in [-0.05, 0) is 30.4 Å². The number of rotatable bonds is 4. The summed E-state index contributed by atoms with van der Waals surface area (Å²) in [7, 11) is 0. The predicted octanol–water partition coefficient (Wildman–Crippen LogP) is 3.57. The Bertz CT molecular complexity index is 793. The van der Waals surface area contributed by atoms with Crippen LogP contribution in [-0.2, 0) is 16.0 Å². The van der Waals surface area contributed by atoms with Gasteiger partial charge in [0.2, 0.25) is 11.8 Å². The number of nitrogens with zero attached hydrogens (tertiary/aromatic N) is 1. The Balaban J connectivity index is 1.85. The van der Waals surface area contributed by atoms with Crippen molar-refractivity contribution in [3.63, 3.8) is 0 Å². The second-order valence-electron chi connectivity index (χ2n) is 6.01. The first-order valence-corrected chi connectivity index (χ1v) is 8.92. The summed E-state index contributed by atoms with van der Waals surface area (Å²) in [6.07, 6.45) is 1.13. The quantitative estimate of drug-likeness (QED) is 0.902. The van der Waals surface area contributed by atoms with Gasteiger partial charge in [0.1, 0.15) is 11.6 Å². The van der Waals surface area contributed by atoms with Crippen molar-refractivity contribution in [3.05, 3.63) is 51.7 Å². The number of thiophene rings is 1. The van der Waals surface area contributed by atoms with Crippen molar-refractivity contribution in [1.82, 2.24) is 5.32 Å². The second-order valence-corrected chi connectivity index (χ2v) is 6.99. The van der Waals surface area contributed by atoms with E-state index in [0.717, 1.165) is 10.9 Å². The van der Waals surface area contributed by atoms with Crippen LogP contribution in [0.2, 0.25) is 0 Å². The third-order valence-corrected chi connectivity index (χ3v) is 5.17. The summed E-state index contributed by atoms with van der Waals surface area (Å²) in [6, 6.07) is 5.29. The van der Waals surface area contributed by atoms with Gasteiger partial charge in [-0.25, -0.2) is 8.78 Å². The highest BCUT2D eigenvalue weighted by Crippen LogP contribution is 2.32. The second kappa shape index (κ2) is 7.31. The average molecular weight is 364 g/mol. The van der Waals surface area contributed by atoms with Gasteiger partial charge in [0.15, 0.2) is 0 Å². The number of fused-ring (bicyclic) bond motifs is 1. The molecule has 0 radical (unpaired) electrons. The van der Waals surface area contributed by atoms with Crippen molar-refractivity contribution in [3.8, 4) is 0 Å². The molecular weight excluding hydrogens is 346 g/mol. The lowest BCUT2D eigenvalue weighted by Gasteiger charge is -2.31. The van der Waals surface area contributed by atoms with Gasteiger partial charge in [-0.1, -0.05) is 6.07 Å². The lowest BCUT2D eigenvalue weighted by Crippen LogP contribution is -2.39. The Morgan fingerprint density at radius 1 is 1.36 bits per heavy atom. The molecule has 1 aromatic carbocycles. The van der Waals surface area contributed by atoms with Gasteiger partial charge in [-0.2, -0.15) is 0 Å². The maximum Gasteiger partial charge on any atom is 0.229 e. The molecule has 3 rings (SSSR count). The molecule has 0 saturated heterocycles. The Labute approximate surface area is 148 Å².